The molecule has 0 unspecified atom stereocenters. The third-order valence-corrected chi connectivity index (χ3v) is 12.8. The molecule has 1 nitrogen and oxygen atoms in total. The van der Waals surface area contributed by atoms with Gasteiger partial charge in [-0.25, -0.2) is 0 Å². The maximum Gasteiger partial charge on any atom is 0.118 e. The van der Waals surface area contributed by atoms with Crippen LogP contribution in [0, 0.1) is 11.8 Å². The van der Waals surface area contributed by atoms with Gasteiger partial charge in [-0.05, 0) is 52.1 Å². The molecular formula is C24H32OSi. The Labute approximate surface area is 160 Å². The van der Waals surface area contributed by atoms with Gasteiger partial charge in [0.25, 0.3) is 0 Å². The first kappa shape index (κ1) is 20.3. The van der Waals surface area contributed by atoms with Gasteiger partial charge in [-0.3, -0.25) is 0 Å². The molecule has 138 valence electrons. The zero-order chi connectivity index (χ0) is 19.3. The maximum atomic E-state index is 5.23. The van der Waals surface area contributed by atoms with Crippen LogP contribution in [0.2, 0.25) is 16.6 Å². The highest BCUT2D eigenvalue weighted by Crippen LogP contribution is 2.41. The van der Waals surface area contributed by atoms with Crippen molar-refractivity contribution in [1.29, 1.82) is 0 Å². The van der Waals surface area contributed by atoms with Gasteiger partial charge in [0.05, 0.1) is 15.2 Å². The molecule has 0 aromatic heterocycles. The predicted octanol–water partition coefficient (Wildman–Crippen LogP) is 5.98. The molecule has 2 aromatic carbocycles. The summed E-state index contributed by atoms with van der Waals surface area (Å²) in [6, 6.07) is 16.8. The first-order valence-corrected chi connectivity index (χ1v) is 11.8. The van der Waals surface area contributed by atoms with E-state index in [1.54, 1.807) is 7.11 Å². The number of ether oxygens (including phenoxy) is 1. The lowest BCUT2D eigenvalue weighted by Gasteiger charge is -2.44. The number of hydrogen-bond donors (Lipinski definition) is 0. The Hall–Kier alpha value is -1.98. The van der Waals surface area contributed by atoms with Gasteiger partial charge in [0.1, 0.15) is 5.75 Å². The number of rotatable bonds is 5. The van der Waals surface area contributed by atoms with Gasteiger partial charge in [0.2, 0.25) is 0 Å². The quantitative estimate of drug-likeness (QED) is 0.468. The van der Waals surface area contributed by atoms with Gasteiger partial charge >= 0.3 is 0 Å². The second-order valence-electron chi connectivity index (χ2n) is 7.92. The van der Waals surface area contributed by atoms with Crippen LogP contribution in [0.4, 0.5) is 0 Å². The minimum atomic E-state index is -1.72. The van der Waals surface area contributed by atoms with Gasteiger partial charge in [-0.15, -0.1) is 0 Å². The van der Waals surface area contributed by atoms with Crippen LogP contribution < -0.4 is 9.92 Å². The van der Waals surface area contributed by atoms with Crippen molar-refractivity contribution in [2.45, 2.75) is 58.2 Å². The maximum absolute atomic E-state index is 5.23. The third kappa shape index (κ3) is 3.89. The van der Waals surface area contributed by atoms with Gasteiger partial charge in [-0.2, -0.15) is 0 Å². The lowest BCUT2D eigenvalue weighted by atomic mass is 10.2. The molecule has 0 aliphatic heterocycles. The molecule has 0 amide bonds. The molecule has 0 aliphatic rings. The molecule has 0 bridgehead atoms. The normalized spacial score (nSPS) is 11.6. The van der Waals surface area contributed by atoms with E-state index in [-0.39, 0.29) is 0 Å². The summed E-state index contributed by atoms with van der Waals surface area (Å²) < 4.78 is 5.23. The summed E-state index contributed by atoms with van der Waals surface area (Å²) >= 11 is 0. The second kappa shape index (κ2) is 8.60. The molecule has 0 spiro atoms. The third-order valence-electron chi connectivity index (χ3n) is 5.69. The molecule has 26 heavy (non-hydrogen) atoms. The Kier molecular flexibility index (Phi) is 6.73. The molecular weight excluding hydrogens is 332 g/mol. The van der Waals surface area contributed by atoms with Gasteiger partial charge in [-0.1, -0.05) is 71.6 Å². The van der Waals surface area contributed by atoms with E-state index in [2.05, 4.69) is 77.6 Å². The van der Waals surface area contributed by atoms with E-state index in [0.29, 0.717) is 16.6 Å². The Morgan fingerprint density at radius 2 is 1.27 bits per heavy atom. The van der Waals surface area contributed by atoms with E-state index in [1.165, 1.54) is 10.8 Å². The standard InChI is InChI=1S/C24H32OSi/c1-18(2)26(19(3)4,20(5)6)24-11-9-8-10-22(24)15-12-21-13-16-23(25-7)17-14-21/h8-11,13-14,16-20H,1-7H3. The SMILES string of the molecule is COc1ccc(C#Cc2ccccc2[Si](C(C)C)(C(C)C)C(C)C)cc1. The predicted molar refractivity (Wildman–Crippen MR) is 116 cm³/mol. The summed E-state index contributed by atoms with van der Waals surface area (Å²) in [5.41, 5.74) is 4.24. The van der Waals surface area contributed by atoms with Crippen molar-refractivity contribution < 1.29 is 4.74 Å². The second-order valence-corrected chi connectivity index (χ2v) is 13.8. The van der Waals surface area contributed by atoms with E-state index < -0.39 is 8.07 Å². The van der Waals surface area contributed by atoms with Gasteiger partial charge < -0.3 is 4.74 Å². The summed E-state index contributed by atoms with van der Waals surface area (Å²) in [4.78, 5) is 0. The molecule has 2 aromatic rings. The van der Waals surface area contributed by atoms with E-state index in [1.807, 2.05) is 24.3 Å². The number of benzene rings is 2. The average molecular weight is 365 g/mol. The summed E-state index contributed by atoms with van der Waals surface area (Å²) in [6.45, 7) is 14.4. The van der Waals surface area contributed by atoms with Crippen molar-refractivity contribution in [3.8, 4) is 17.6 Å². The van der Waals surface area contributed by atoms with Crippen molar-refractivity contribution in [1.82, 2.24) is 0 Å². The smallest absolute Gasteiger partial charge is 0.118 e. The highest BCUT2D eigenvalue weighted by Gasteiger charge is 2.45. The van der Waals surface area contributed by atoms with E-state index in [0.717, 1.165) is 11.3 Å². The fraction of sp³-hybridized carbons (Fsp3) is 0.417. The highest BCUT2D eigenvalue weighted by molar-refractivity contribution is 6.95. The van der Waals surface area contributed by atoms with Gasteiger partial charge in [0.15, 0.2) is 0 Å². The van der Waals surface area contributed by atoms with Crippen molar-refractivity contribution in [3.05, 3.63) is 59.7 Å². The van der Waals surface area contributed by atoms with Gasteiger partial charge in [0, 0.05) is 11.1 Å². The topological polar surface area (TPSA) is 9.23 Å². The lowest BCUT2D eigenvalue weighted by molar-refractivity contribution is 0.415. The highest BCUT2D eigenvalue weighted by atomic mass is 28.3. The monoisotopic (exact) mass is 364 g/mol. The van der Waals surface area contributed by atoms with Crippen LogP contribution in [0.3, 0.4) is 0 Å². The number of methoxy groups -OCH3 is 1. The van der Waals surface area contributed by atoms with Crippen LogP contribution >= 0.6 is 0 Å². The van der Waals surface area contributed by atoms with Crippen LogP contribution in [-0.4, -0.2) is 15.2 Å². The Balaban J connectivity index is 2.55. The fourth-order valence-electron chi connectivity index (χ4n) is 4.72. The molecule has 0 heterocycles. The minimum absolute atomic E-state index is 0.673. The van der Waals surface area contributed by atoms with Crippen LogP contribution in [0.1, 0.15) is 52.7 Å². The van der Waals surface area contributed by atoms with Crippen LogP contribution in [0.15, 0.2) is 48.5 Å². The summed E-state index contributed by atoms with van der Waals surface area (Å²) in [6.07, 6.45) is 0. The first-order valence-electron chi connectivity index (χ1n) is 9.59. The number of hydrogen-bond acceptors (Lipinski definition) is 1. The van der Waals surface area contributed by atoms with Crippen molar-refractivity contribution in [2.24, 2.45) is 0 Å². The van der Waals surface area contributed by atoms with E-state index in [4.69, 9.17) is 4.74 Å². The Bertz CT molecular complexity index is 754. The van der Waals surface area contributed by atoms with E-state index in [9.17, 15) is 0 Å². The molecule has 0 N–H and O–H groups in total. The van der Waals surface area contributed by atoms with Crippen molar-refractivity contribution in [2.75, 3.05) is 7.11 Å². The molecule has 0 fully saturated rings. The minimum Gasteiger partial charge on any atom is -0.497 e. The van der Waals surface area contributed by atoms with Crippen LogP contribution in [0.25, 0.3) is 0 Å². The summed E-state index contributed by atoms with van der Waals surface area (Å²) in [5, 5.41) is 1.51. The average Bonchev–Trinajstić information content (AvgIpc) is 2.61. The Morgan fingerprint density at radius 1 is 0.731 bits per heavy atom. The molecule has 0 radical (unpaired) electrons. The van der Waals surface area contributed by atoms with E-state index >= 15 is 0 Å². The zero-order valence-electron chi connectivity index (χ0n) is 17.3. The van der Waals surface area contributed by atoms with Crippen LogP contribution in [-0.2, 0) is 0 Å². The molecule has 0 saturated heterocycles. The zero-order valence-corrected chi connectivity index (χ0v) is 18.3. The molecule has 2 heteroatoms. The Morgan fingerprint density at radius 3 is 1.77 bits per heavy atom. The summed E-state index contributed by atoms with van der Waals surface area (Å²) in [5.74, 6) is 7.70. The largest absolute Gasteiger partial charge is 0.497 e. The molecule has 0 atom stereocenters. The molecule has 0 aliphatic carbocycles. The molecule has 2 rings (SSSR count). The first-order chi connectivity index (χ1) is 12.3. The molecule has 0 saturated carbocycles. The van der Waals surface area contributed by atoms with Crippen molar-refractivity contribution in [3.63, 3.8) is 0 Å². The van der Waals surface area contributed by atoms with Crippen molar-refractivity contribution >= 4 is 13.3 Å². The lowest BCUT2D eigenvalue weighted by Crippen LogP contribution is -2.56. The fourth-order valence-corrected chi connectivity index (χ4v) is 11.6. The summed E-state index contributed by atoms with van der Waals surface area (Å²) in [7, 11) is -0.0383. The van der Waals surface area contributed by atoms with Crippen LogP contribution in [0.5, 0.6) is 5.75 Å².